The molecule has 0 amide bonds. The highest BCUT2D eigenvalue weighted by molar-refractivity contribution is 7.91. The van der Waals surface area contributed by atoms with Crippen LogP contribution in [0.25, 0.3) is 0 Å². The summed E-state index contributed by atoms with van der Waals surface area (Å²) in [5, 5.41) is 0.470. The van der Waals surface area contributed by atoms with Gasteiger partial charge in [-0.25, -0.2) is 13.4 Å². The summed E-state index contributed by atoms with van der Waals surface area (Å²) >= 11 is 5.91. The van der Waals surface area contributed by atoms with Gasteiger partial charge in [0.2, 0.25) is 15.7 Å². The molecule has 0 bridgehead atoms. The molecule has 0 radical (unpaired) electrons. The lowest BCUT2D eigenvalue weighted by Crippen LogP contribution is -2.11. The Bertz CT molecular complexity index is 1130. The minimum atomic E-state index is -3.83. The van der Waals surface area contributed by atoms with Crippen LogP contribution in [0.15, 0.2) is 64.4 Å². The van der Waals surface area contributed by atoms with E-state index in [-0.39, 0.29) is 21.1 Å². The first-order chi connectivity index (χ1) is 13.5. The van der Waals surface area contributed by atoms with Gasteiger partial charge in [0.05, 0.1) is 4.90 Å². The number of aryl methyl sites for hydroxylation is 2. The van der Waals surface area contributed by atoms with Crippen molar-refractivity contribution >= 4 is 21.4 Å². The summed E-state index contributed by atoms with van der Waals surface area (Å²) in [4.78, 5) is 4.59. The molecule has 0 spiro atoms. The summed E-state index contributed by atoms with van der Waals surface area (Å²) < 4.78 is 32.6. The molecule has 0 atom stereocenters. The zero-order valence-corrected chi connectivity index (χ0v) is 18.7. The lowest BCUT2D eigenvalue weighted by atomic mass is 9.87. The van der Waals surface area contributed by atoms with Gasteiger partial charge in [-0.05, 0) is 72.9 Å². The number of hydrogen-bond donors (Lipinski definition) is 0. The van der Waals surface area contributed by atoms with Crippen LogP contribution in [0, 0.1) is 13.8 Å². The molecule has 0 fully saturated rings. The molecule has 0 saturated heterocycles. The van der Waals surface area contributed by atoms with Crippen molar-refractivity contribution in [3.8, 4) is 11.6 Å². The van der Waals surface area contributed by atoms with Gasteiger partial charge in [0.25, 0.3) is 0 Å². The third-order valence-corrected chi connectivity index (χ3v) is 6.76. The van der Waals surface area contributed by atoms with Crippen LogP contribution < -0.4 is 4.74 Å². The maximum Gasteiger partial charge on any atom is 0.239 e. The van der Waals surface area contributed by atoms with Crippen molar-refractivity contribution < 1.29 is 13.2 Å². The fourth-order valence-electron chi connectivity index (χ4n) is 3.05. The van der Waals surface area contributed by atoms with Gasteiger partial charge in [-0.1, -0.05) is 44.5 Å². The lowest BCUT2D eigenvalue weighted by Gasteiger charge is -2.19. The average Bonchev–Trinajstić information content (AvgIpc) is 2.61. The summed E-state index contributed by atoms with van der Waals surface area (Å²) in [7, 11) is -3.83. The first-order valence-electron chi connectivity index (χ1n) is 9.26. The Morgan fingerprint density at radius 1 is 0.931 bits per heavy atom. The molecule has 0 aliphatic heterocycles. The number of pyridine rings is 1. The van der Waals surface area contributed by atoms with Gasteiger partial charge in [-0.2, -0.15) is 0 Å². The van der Waals surface area contributed by atoms with Gasteiger partial charge in [-0.15, -0.1) is 0 Å². The van der Waals surface area contributed by atoms with Crippen molar-refractivity contribution in [1.82, 2.24) is 4.98 Å². The molecular weight excluding hydrogens is 406 g/mol. The third-order valence-electron chi connectivity index (χ3n) is 4.58. The van der Waals surface area contributed by atoms with E-state index in [0.717, 1.165) is 5.56 Å². The van der Waals surface area contributed by atoms with Crippen LogP contribution >= 0.6 is 11.6 Å². The molecule has 4 nitrogen and oxygen atoms in total. The largest absolute Gasteiger partial charge is 0.438 e. The molecule has 0 saturated carbocycles. The Morgan fingerprint density at radius 3 is 2.07 bits per heavy atom. The zero-order valence-electron chi connectivity index (χ0n) is 17.2. The Kier molecular flexibility index (Phi) is 5.74. The predicted octanol–water partition coefficient (Wildman–Crippen LogP) is 6.27. The molecular formula is C23H24ClNO3S. The number of aromatic nitrogens is 1. The van der Waals surface area contributed by atoms with Gasteiger partial charge >= 0.3 is 0 Å². The topological polar surface area (TPSA) is 56.3 Å². The van der Waals surface area contributed by atoms with E-state index in [1.54, 1.807) is 32.0 Å². The summed E-state index contributed by atoms with van der Waals surface area (Å²) in [5.74, 6) is 0.601. The second-order valence-corrected chi connectivity index (χ2v) is 10.4. The fourth-order valence-corrected chi connectivity index (χ4v) is 4.71. The van der Waals surface area contributed by atoms with Crippen LogP contribution in [0.4, 0.5) is 0 Å². The number of sulfone groups is 1. The molecule has 3 rings (SSSR count). The minimum Gasteiger partial charge on any atom is -0.438 e. The lowest BCUT2D eigenvalue weighted by molar-refractivity contribution is 0.444. The maximum atomic E-state index is 13.3. The molecule has 3 aromatic rings. The summed E-state index contributed by atoms with van der Waals surface area (Å²) in [6.45, 7) is 9.94. The Balaban J connectivity index is 2.07. The summed E-state index contributed by atoms with van der Waals surface area (Å²) in [6, 6.07) is 15.4. The van der Waals surface area contributed by atoms with Crippen molar-refractivity contribution in [3.05, 3.63) is 76.4 Å². The Labute approximate surface area is 177 Å². The van der Waals surface area contributed by atoms with E-state index in [9.17, 15) is 8.42 Å². The minimum absolute atomic E-state index is 0.0137. The molecule has 0 aliphatic carbocycles. The SMILES string of the molecule is Cc1cc(C)c(S(=O)(=O)c2ccc(Cl)cc2)c(Oc2ccc(C(C)(C)C)cc2)n1. The fraction of sp³-hybridized carbons (Fsp3) is 0.261. The molecule has 152 valence electrons. The maximum absolute atomic E-state index is 13.3. The molecule has 1 heterocycles. The number of rotatable bonds is 4. The van der Waals surface area contributed by atoms with Crippen molar-refractivity contribution in [3.63, 3.8) is 0 Å². The van der Waals surface area contributed by atoms with Gasteiger partial charge in [0, 0.05) is 10.7 Å². The molecule has 1 aromatic heterocycles. The van der Waals surface area contributed by atoms with Gasteiger partial charge in [0.1, 0.15) is 10.6 Å². The van der Waals surface area contributed by atoms with Crippen LogP contribution in [0.2, 0.25) is 5.02 Å². The van der Waals surface area contributed by atoms with Gasteiger partial charge in [-0.3, -0.25) is 0 Å². The van der Waals surface area contributed by atoms with E-state index in [0.29, 0.717) is 22.0 Å². The van der Waals surface area contributed by atoms with Crippen LogP contribution in [0.5, 0.6) is 11.6 Å². The number of benzene rings is 2. The van der Waals surface area contributed by atoms with E-state index >= 15 is 0 Å². The Hall–Kier alpha value is -2.37. The normalized spacial score (nSPS) is 12.1. The van der Waals surface area contributed by atoms with Crippen LogP contribution in [-0.2, 0) is 15.3 Å². The summed E-state index contributed by atoms with van der Waals surface area (Å²) in [6.07, 6.45) is 0. The van der Waals surface area contributed by atoms with E-state index < -0.39 is 9.84 Å². The number of hydrogen-bond acceptors (Lipinski definition) is 4. The van der Waals surface area contributed by atoms with Crippen molar-refractivity contribution in [2.24, 2.45) is 0 Å². The first kappa shape index (κ1) is 21.3. The highest BCUT2D eigenvalue weighted by Gasteiger charge is 2.27. The molecule has 2 aromatic carbocycles. The smallest absolute Gasteiger partial charge is 0.239 e. The number of nitrogens with zero attached hydrogens (tertiary/aromatic N) is 1. The molecule has 0 aliphatic rings. The van der Waals surface area contributed by atoms with Gasteiger partial charge < -0.3 is 4.74 Å². The average molecular weight is 430 g/mol. The van der Waals surface area contributed by atoms with Crippen molar-refractivity contribution in [2.45, 2.75) is 49.8 Å². The number of ether oxygens (including phenoxy) is 1. The van der Waals surface area contributed by atoms with Crippen LogP contribution in [0.1, 0.15) is 37.6 Å². The van der Waals surface area contributed by atoms with E-state index in [4.69, 9.17) is 16.3 Å². The van der Waals surface area contributed by atoms with Crippen molar-refractivity contribution in [1.29, 1.82) is 0 Å². The highest BCUT2D eigenvalue weighted by atomic mass is 35.5. The molecule has 6 heteroatoms. The summed E-state index contributed by atoms with van der Waals surface area (Å²) in [5.41, 5.74) is 2.43. The van der Waals surface area contributed by atoms with Crippen molar-refractivity contribution in [2.75, 3.05) is 0 Å². The monoisotopic (exact) mass is 429 g/mol. The van der Waals surface area contributed by atoms with Crippen LogP contribution in [0.3, 0.4) is 0 Å². The zero-order chi connectivity index (χ0) is 21.4. The standard InChI is InChI=1S/C23H24ClNO3S/c1-15-14-16(2)25-22(28-19-10-6-17(7-11-19)23(3,4)5)21(15)29(26,27)20-12-8-18(24)9-13-20/h6-14H,1-5H3. The van der Waals surface area contributed by atoms with E-state index in [2.05, 4.69) is 25.8 Å². The predicted molar refractivity (Wildman–Crippen MR) is 116 cm³/mol. The third kappa shape index (κ3) is 4.62. The number of halogens is 1. The Morgan fingerprint density at radius 2 is 1.52 bits per heavy atom. The molecule has 0 unspecified atom stereocenters. The first-order valence-corrected chi connectivity index (χ1v) is 11.1. The second-order valence-electron chi connectivity index (χ2n) is 8.05. The van der Waals surface area contributed by atoms with Gasteiger partial charge in [0.15, 0.2) is 0 Å². The van der Waals surface area contributed by atoms with E-state index in [1.807, 2.05) is 24.3 Å². The van der Waals surface area contributed by atoms with E-state index in [1.165, 1.54) is 12.1 Å². The molecule has 29 heavy (non-hydrogen) atoms. The highest BCUT2D eigenvalue weighted by Crippen LogP contribution is 2.35. The molecule has 0 N–H and O–H groups in total. The second kappa shape index (κ2) is 7.81. The van der Waals surface area contributed by atoms with Crippen LogP contribution in [-0.4, -0.2) is 13.4 Å². The quantitative estimate of drug-likeness (QED) is 0.490.